The number of carbonyl (C=O) groups is 5. The fourth-order valence-corrected chi connectivity index (χ4v) is 2.52. The Balaban J connectivity index is 2.94. The van der Waals surface area contributed by atoms with Gasteiger partial charge in [-0.2, -0.15) is 0 Å². The molecule has 9 N–H and O–H groups in total. The first-order valence-electron chi connectivity index (χ1n) is 9.49. The van der Waals surface area contributed by atoms with Crippen molar-refractivity contribution in [1.82, 2.24) is 16.0 Å². The molecule has 1 aromatic rings. The lowest BCUT2D eigenvalue weighted by molar-refractivity contribution is -0.139. The predicted molar refractivity (Wildman–Crippen MR) is 108 cm³/mol. The molecule has 0 bridgehead atoms. The molecule has 3 atom stereocenters. The number of aliphatic hydroxyl groups excluding tert-OH is 1. The van der Waals surface area contributed by atoms with Crippen LogP contribution in [0.2, 0.25) is 0 Å². The molecule has 1 aromatic carbocycles. The summed E-state index contributed by atoms with van der Waals surface area (Å²) in [5.74, 6) is -5.12. The van der Waals surface area contributed by atoms with Crippen molar-refractivity contribution in [1.29, 1.82) is 0 Å². The molecule has 0 saturated heterocycles. The fraction of sp³-hybridized carbons (Fsp3) is 0.421. The summed E-state index contributed by atoms with van der Waals surface area (Å²) in [7, 11) is 0. The molecule has 32 heavy (non-hydrogen) atoms. The number of nitrogens with two attached hydrogens (primary N) is 1. The Kier molecular flexibility index (Phi) is 10.6. The van der Waals surface area contributed by atoms with Gasteiger partial charge in [-0.25, -0.2) is 0 Å². The monoisotopic (exact) mass is 454 g/mol. The highest BCUT2D eigenvalue weighted by molar-refractivity contribution is 5.94. The molecular formula is C19H26N4O9. The second-order valence-corrected chi connectivity index (χ2v) is 6.83. The van der Waals surface area contributed by atoms with Gasteiger partial charge in [0.25, 0.3) is 0 Å². The number of carboxylic acids is 2. The van der Waals surface area contributed by atoms with Gasteiger partial charge in [0.1, 0.15) is 24.4 Å². The van der Waals surface area contributed by atoms with Crippen LogP contribution in [0.15, 0.2) is 24.3 Å². The van der Waals surface area contributed by atoms with E-state index in [4.69, 9.17) is 15.9 Å². The Bertz CT molecular complexity index is 829. The van der Waals surface area contributed by atoms with E-state index in [0.717, 1.165) is 0 Å². The van der Waals surface area contributed by atoms with E-state index >= 15 is 0 Å². The van der Waals surface area contributed by atoms with Crippen molar-refractivity contribution in [3.8, 4) is 5.75 Å². The minimum absolute atomic E-state index is 0.0232. The number of carboxylic acid groups (broad SMARTS) is 2. The van der Waals surface area contributed by atoms with Crippen molar-refractivity contribution in [2.45, 2.75) is 37.4 Å². The highest BCUT2D eigenvalue weighted by Crippen LogP contribution is 2.12. The minimum atomic E-state index is -1.48. The summed E-state index contributed by atoms with van der Waals surface area (Å²) in [4.78, 5) is 58.3. The van der Waals surface area contributed by atoms with Crippen LogP contribution in [0.1, 0.15) is 18.4 Å². The molecule has 0 aliphatic heterocycles. The molecule has 3 unspecified atom stereocenters. The van der Waals surface area contributed by atoms with Gasteiger partial charge in [0, 0.05) is 12.8 Å². The molecule has 176 valence electrons. The van der Waals surface area contributed by atoms with Gasteiger partial charge in [-0.1, -0.05) is 12.1 Å². The maximum absolute atomic E-state index is 12.7. The van der Waals surface area contributed by atoms with Gasteiger partial charge in [0.05, 0.1) is 12.6 Å². The van der Waals surface area contributed by atoms with Crippen LogP contribution >= 0.6 is 0 Å². The summed E-state index contributed by atoms with van der Waals surface area (Å²) >= 11 is 0. The number of rotatable bonds is 13. The van der Waals surface area contributed by atoms with Crippen LogP contribution in [0.5, 0.6) is 5.75 Å². The first kappa shape index (κ1) is 26.3. The Morgan fingerprint density at radius 3 is 2.00 bits per heavy atom. The number of hydrogen-bond acceptors (Lipinski definition) is 8. The van der Waals surface area contributed by atoms with Crippen molar-refractivity contribution in [3.63, 3.8) is 0 Å². The van der Waals surface area contributed by atoms with Crippen molar-refractivity contribution < 1.29 is 44.4 Å². The van der Waals surface area contributed by atoms with Gasteiger partial charge in [0.15, 0.2) is 0 Å². The van der Waals surface area contributed by atoms with E-state index in [1.165, 1.54) is 24.3 Å². The third-order valence-electron chi connectivity index (χ3n) is 4.24. The maximum atomic E-state index is 12.7. The SMILES string of the molecule is NC(CCC(=O)O)C(=O)NC(Cc1ccc(O)cc1)C(=O)NC(CO)C(=O)NCC(=O)O. The predicted octanol–water partition coefficient (Wildman–Crippen LogP) is -2.71. The lowest BCUT2D eigenvalue weighted by atomic mass is 10.0. The third kappa shape index (κ3) is 9.40. The van der Waals surface area contributed by atoms with Crippen molar-refractivity contribution in [3.05, 3.63) is 29.8 Å². The first-order chi connectivity index (χ1) is 15.0. The average molecular weight is 454 g/mol. The van der Waals surface area contributed by atoms with E-state index < -0.39 is 60.9 Å². The molecule has 0 saturated carbocycles. The standard InChI is InChI=1S/C19H26N4O9/c20-12(5-6-15(26)27)17(30)22-13(7-10-1-3-11(25)4-2-10)19(32)23-14(9-24)18(31)21-8-16(28)29/h1-4,12-14,24-25H,5-9,20H2,(H,21,31)(H,22,30)(H,23,32)(H,26,27)(H,28,29). The third-order valence-corrected chi connectivity index (χ3v) is 4.24. The number of carbonyl (C=O) groups excluding carboxylic acids is 3. The number of aliphatic hydroxyl groups is 1. The zero-order valence-corrected chi connectivity index (χ0v) is 17.0. The number of phenols is 1. The summed E-state index contributed by atoms with van der Waals surface area (Å²) in [6.07, 6.45) is -0.621. The summed E-state index contributed by atoms with van der Waals surface area (Å²) in [5, 5.41) is 42.7. The fourth-order valence-electron chi connectivity index (χ4n) is 2.52. The molecule has 13 heteroatoms. The zero-order valence-electron chi connectivity index (χ0n) is 17.0. The quantitative estimate of drug-likeness (QED) is 0.154. The molecule has 0 aliphatic rings. The molecule has 0 radical (unpaired) electrons. The van der Waals surface area contributed by atoms with Gasteiger partial charge in [-0.05, 0) is 24.1 Å². The van der Waals surface area contributed by atoms with Crippen LogP contribution < -0.4 is 21.7 Å². The summed E-state index contributed by atoms with van der Waals surface area (Å²) in [5.41, 5.74) is 6.20. The minimum Gasteiger partial charge on any atom is -0.508 e. The number of aromatic hydroxyl groups is 1. The molecule has 0 aromatic heterocycles. The van der Waals surface area contributed by atoms with Gasteiger partial charge >= 0.3 is 11.9 Å². The average Bonchev–Trinajstić information content (AvgIpc) is 2.74. The highest BCUT2D eigenvalue weighted by Gasteiger charge is 2.28. The summed E-state index contributed by atoms with van der Waals surface area (Å²) in [6.45, 7) is -1.56. The van der Waals surface area contributed by atoms with E-state index in [0.29, 0.717) is 5.56 Å². The molecule has 1 rings (SSSR count). The normalized spacial score (nSPS) is 13.3. The molecule has 0 heterocycles. The molecule has 0 fully saturated rings. The number of amides is 3. The zero-order chi connectivity index (χ0) is 24.3. The Morgan fingerprint density at radius 1 is 0.875 bits per heavy atom. The van der Waals surface area contributed by atoms with Gasteiger partial charge < -0.3 is 42.1 Å². The molecule has 0 aliphatic carbocycles. The van der Waals surface area contributed by atoms with Gasteiger partial charge in [-0.3, -0.25) is 24.0 Å². The second kappa shape index (κ2) is 12.9. The summed E-state index contributed by atoms with van der Waals surface area (Å²) < 4.78 is 0. The highest BCUT2D eigenvalue weighted by atomic mass is 16.4. The van der Waals surface area contributed by atoms with Crippen molar-refractivity contribution in [2.24, 2.45) is 5.73 Å². The van der Waals surface area contributed by atoms with Crippen LogP contribution in [0.25, 0.3) is 0 Å². The van der Waals surface area contributed by atoms with Crippen LogP contribution in [-0.4, -0.2) is 81.4 Å². The number of aliphatic carboxylic acids is 2. The van der Waals surface area contributed by atoms with E-state index in [2.05, 4.69) is 10.6 Å². The van der Waals surface area contributed by atoms with E-state index in [1.54, 1.807) is 0 Å². The lowest BCUT2D eigenvalue weighted by Gasteiger charge is -2.23. The van der Waals surface area contributed by atoms with Crippen LogP contribution in [0, 0.1) is 0 Å². The largest absolute Gasteiger partial charge is 0.508 e. The Morgan fingerprint density at radius 2 is 1.47 bits per heavy atom. The van der Waals surface area contributed by atoms with Crippen LogP contribution in [-0.2, 0) is 30.4 Å². The van der Waals surface area contributed by atoms with E-state index in [-0.39, 0.29) is 25.0 Å². The number of hydrogen-bond donors (Lipinski definition) is 8. The second-order valence-electron chi connectivity index (χ2n) is 6.83. The van der Waals surface area contributed by atoms with Gasteiger partial charge in [0.2, 0.25) is 17.7 Å². The summed E-state index contributed by atoms with van der Waals surface area (Å²) in [6, 6.07) is 1.74. The van der Waals surface area contributed by atoms with E-state index in [1.807, 2.05) is 5.32 Å². The first-order valence-corrected chi connectivity index (χ1v) is 9.49. The Hall–Kier alpha value is -3.71. The molecular weight excluding hydrogens is 428 g/mol. The van der Waals surface area contributed by atoms with Gasteiger partial charge in [-0.15, -0.1) is 0 Å². The van der Waals surface area contributed by atoms with Crippen molar-refractivity contribution >= 4 is 29.7 Å². The smallest absolute Gasteiger partial charge is 0.322 e. The van der Waals surface area contributed by atoms with Crippen LogP contribution in [0.4, 0.5) is 0 Å². The van der Waals surface area contributed by atoms with Crippen LogP contribution in [0.3, 0.4) is 0 Å². The number of benzene rings is 1. The molecule has 13 nitrogen and oxygen atoms in total. The molecule has 0 spiro atoms. The molecule has 3 amide bonds. The number of nitrogens with one attached hydrogen (secondary N) is 3. The van der Waals surface area contributed by atoms with E-state index in [9.17, 15) is 34.2 Å². The Labute approximate surface area is 182 Å². The lowest BCUT2D eigenvalue weighted by Crippen LogP contribution is -2.57. The topological polar surface area (TPSA) is 228 Å². The maximum Gasteiger partial charge on any atom is 0.322 e. The number of phenolic OH excluding ortho intramolecular Hbond substituents is 1. The van der Waals surface area contributed by atoms with Crippen molar-refractivity contribution in [2.75, 3.05) is 13.2 Å².